The van der Waals surface area contributed by atoms with Gasteiger partial charge in [-0.05, 0) is 32.3 Å². The Bertz CT molecular complexity index is 385. The largest absolute Gasteiger partial charge is 0.391 e. The molecule has 2 N–H and O–H groups in total. The Kier molecular flexibility index (Phi) is 5.15. The number of aryl methyl sites for hydroxylation is 2. The molecule has 1 aromatic heterocycles. The van der Waals surface area contributed by atoms with Gasteiger partial charge in [0.1, 0.15) is 0 Å². The van der Waals surface area contributed by atoms with E-state index in [1.54, 1.807) is 11.3 Å². The lowest BCUT2D eigenvalue weighted by atomic mass is 10.1. The summed E-state index contributed by atoms with van der Waals surface area (Å²) in [5.41, 5.74) is 0.726. The number of thiophene rings is 1. The normalized spacial score (nSPS) is 12.8. The maximum absolute atomic E-state index is 11.9. The fourth-order valence-corrected chi connectivity index (χ4v) is 2.71. The molecular weight excluding hydrogens is 234 g/mol. The summed E-state index contributed by atoms with van der Waals surface area (Å²) in [5, 5.41) is 12.5. The van der Waals surface area contributed by atoms with Crippen LogP contribution in [0, 0.1) is 19.8 Å². The first-order valence-corrected chi connectivity index (χ1v) is 6.75. The van der Waals surface area contributed by atoms with Crippen LogP contribution in [0.1, 0.15) is 40.4 Å². The van der Waals surface area contributed by atoms with Crippen LogP contribution in [0.25, 0.3) is 0 Å². The van der Waals surface area contributed by atoms with Gasteiger partial charge in [-0.3, -0.25) is 4.79 Å². The third kappa shape index (κ3) is 4.48. The summed E-state index contributed by atoms with van der Waals surface area (Å²) in [6.07, 6.45) is 0.251. The highest BCUT2D eigenvalue weighted by molar-refractivity contribution is 7.12. The second-order valence-electron chi connectivity index (χ2n) is 4.82. The second-order valence-corrected chi connectivity index (χ2v) is 6.28. The summed E-state index contributed by atoms with van der Waals surface area (Å²) in [7, 11) is 0. The van der Waals surface area contributed by atoms with Crippen LogP contribution < -0.4 is 5.32 Å². The molecule has 3 nitrogen and oxygen atoms in total. The van der Waals surface area contributed by atoms with Crippen molar-refractivity contribution in [2.45, 2.75) is 40.2 Å². The summed E-state index contributed by atoms with van der Waals surface area (Å²) >= 11 is 1.62. The van der Waals surface area contributed by atoms with Gasteiger partial charge < -0.3 is 10.4 Å². The van der Waals surface area contributed by atoms with E-state index in [0.29, 0.717) is 18.9 Å². The Hall–Kier alpha value is -0.870. The van der Waals surface area contributed by atoms with Gasteiger partial charge in [-0.25, -0.2) is 0 Å². The van der Waals surface area contributed by atoms with Gasteiger partial charge >= 0.3 is 0 Å². The highest BCUT2D eigenvalue weighted by atomic mass is 32.1. The van der Waals surface area contributed by atoms with Gasteiger partial charge in [0.05, 0.1) is 11.7 Å². The number of amides is 1. The standard InChI is InChI=1S/C13H21NO2S/c1-8(2)5-11(15)7-14-13(16)12-6-9(3)17-10(12)4/h6,8,11,15H,5,7H2,1-4H3,(H,14,16). The van der Waals surface area contributed by atoms with Gasteiger partial charge in [-0.2, -0.15) is 0 Å². The third-order valence-electron chi connectivity index (χ3n) is 2.53. The molecule has 0 aliphatic rings. The van der Waals surface area contributed by atoms with Crippen molar-refractivity contribution in [3.8, 4) is 0 Å². The van der Waals surface area contributed by atoms with Crippen LogP contribution in [0.15, 0.2) is 6.07 Å². The Labute approximate surface area is 107 Å². The molecule has 96 valence electrons. The Balaban J connectivity index is 2.47. The molecule has 1 aromatic rings. The maximum atomic E-state index is 11.9. The molecule has 1 amide bonds. The summed E-state index contributed by atoms with van der Waals surface area (Å²) in [4.78, 5) is 14.0. The van der Waals surface area contributed by atoms with Crippen LogP contribution in [0.5, 0.6) is 0 Å². The van der Waals surface area contributed by atoms with E-state index in [9.17, 15) is 9.90 Å². The first-order valence-electron chi connectivity index (χ1n) is 5.93. The number of carbonyl (C=O) groups is 1. The number of nitrogens with one attached hydrogen (secondary N) is 1. The van der Waals surface area contributed by atoms with E-state index in [4.69, 9.17) is 0 Å². The van der Waals surface area contributed by atoms with Crippen molar-refractivity contribution < 1.29 is 9.90 Å². The molecule has 4 heteroatoms. The van der Waals surface area contributed by atoms with Crippen LogP contribution in [-0.2, 0) is 0 Å². The van der Waals surface area contributed by atoms with Gasteiger partial charge in [0.2, 0.25) is 0 Å². The van der Waals surface area contributed by atoms with Crippen LogP contribution in [0.3, 0.4) is 0 Å². The van der Waals surface area contributed by atoms with E-state index in [0.717, 1.165) is 15.3 Å². The lowest BCUT2D eigenvalue weighted by molar-refractivity contribution is 0.0900. The number of aliphatic hydroxyl groups is 1. The summed E-state index contributed by atoms with van der Waals surface area (Å²) < 4.78 is 0. The number of aliphatic hydroxyl groups excluding tert-OH is 1. The summed E-state index contributed by atoms with van der Waals surface area (Å²) in [6.45, 7) is 8.36. The highest BCUT2D eigenvalue weighted by Crippen LogP contribution is 2.20. The third-order valence-corrected chi connectivity index (χ3v) is 3.49. The van der Waals surface area contributed by atoms with Crippen molar-refractivity contribution in [3.05, 3.63) is 21.4 Å². The Morgan fingerprint density at radius 1 is 1.47 bits per heavy atom. The molecule has 1 rings (SSSR count). The molecule has 1 heterocycles. The van der Waals surface area contributed by atoms with Crippen molar-refractivity contribution in [3.63, 3.8) is 0 Å². The van der Waals surface area contributed by atoms with Crippen LogP contribution in [0.2, 0.25) is 0 Å². The van der Waals surface area contributed by atoms with E-state index in [1.807, 2.05) is 19.9 Å². The first kappa shape index (κ1) is 14.2. The molecule has 0 aliphatic heterocycles. The van der Waals surface area contributed by atoms with Gasteiger partial charge in [-0.1, -0.05) is 13.8 Å². The molecule has 0 saturated carbocycles. The zero-order chi connectivity index (χ0) is 13.0. The van der Waals surface area contributed by atoms with Crippen molar-refractivity contribution in [2.24, 2.45) is 5.92 Å². The molecule has 0 bridgehead atoms. The van der Waals surface area contributed by atoms with Gasteiger partial charge in [-0.15, -0.1) is 11.3 Å². The first-order chi connectivity index (χ1) is 7.90. The Morgan fingerprint density at radius 2 is 2.12 bits per heavy atom. The van der Waals surface area contributed by atoms with Crippen LogP contribution in [-0.4, -0.2) is 23.7 Å². The Morgan fingerprint density at radius 3 is 2.59 bits per heavy atom. The SMILES string of the molecule is Cc1cc(C(=O)NCC(O)CC(C)C)c(C)s1. The van der Waals surface area contributed by atoms with E-state index < -0.39 is 6.10 Å². The molecule has 17 heavy (non-hydrogen) atoms. The molecule has 1 atom stereocenters. The molecule has 0 radical (unpaired) electrons. The molecule has 0 aliphatic carbocycles. The monoisotopic (exact) mass is 255 g/mol. The average molecular weight is 255 g/mol. The van der Waals surface area contributed by atoms with E-state index in [2.05, 4.69) is 19.2 Å². The molecule has 0 saturated heterocycles. The number of carbonyl (C=O) groups excluding carboxylic acids is 1. The van der Waals surface area contributed by atoms with Crippen molar-refractivity contribution in [1.29, 1.82) is 0 Å². The van der Waals surface area contributed by atoms with E-state index >= 15 is 0 Å². The molecule has 0 fully saturated rings. The smallest absolute Gasteiger partial charge is 0.252 e. The summed E-state index contributed by atoms with van der Waals surface area (Å²) in [5.74, 6) is 0.349. The maximum Gasteiger partial charge on any atom is 0.252 e. The van der Waals surface area contributed by atoms with Gasteiger partial charge in [0.15, 0.2) is 0 Å². The lowest BCUT2D eigenvalue weighted by Gasteiger charge is -2.13. The molecule has 0 spiro atoms. The van der Waals surface area contributed by atoms with Crippen LogP contribution in [0.4, 0.5) is 0 Å². The molecule has 1 unspecified atom stereocenters. The average Bonchev–Trinajstić information content (AvgIpc) is 2.53. The van der Waals surface area contributed by atoms with Crippen molar-refractivity contribution in [2.75, 3.05) is 6.54 Å². The fraction of sp³-hybridized carbons (Fsp3) is 0.615. The fourth-order valence-electron chi connectivity index (χ4n) is 1.79. The lowest BCUT2D eigenvalue weighted by Crippen LogP contribution is -2.32. The number of hydrogen-bond donors (Lipinski definition) is 2. The second kappa shape index (κ2) is 6.17. The zero-order valence-corrected chi connectivity index (χ0v) is 11.7. The molecule has 0 aromatic carbocycles. The molecular formula is C13H21NO2S. The zero-order valence-electron chi connectivity index (χ0n) is 10.9. The predicted octanol–water partition coefficient (Wildman–Crippen LogP) is 2.50. The van der Waals surface area contributed by atoms with E-state index in [-0.39, 0.29) is 5.91 Å². The summed E-state index contributed by atoms with van der Waals surface area (Å²) in [6, 6.07) is 1.89. The topological polar surface area (TPSA) is 49.3 Å². The van der Waals surface area contributed by atoms with Gasteiger partial charge in [0.25, 0.3) is 5.91 Å². The minimum absolute atomic E-state index is 0.0883. The van der Waals surface area contributed by atoms with Gasteiger partial charge in [0, 0.05) is 16.3 Å². The predicted molar refractivity (Wildman–Crippen MR) is 71.6 cm³/mol. The van der Waals surface area contributed by atoms with E-state index in [1.165, 1.54) is 0 Å². The van der Waals surface area contributed by atoms with Crippen molar-refractivity contribution in [1.82, 2.24) is 5.32 Å². The minimum Gasteiger partial charge on any atom is -0.391 e. The highest BCUT2D eigenvalue weighted by Gasteiger charge is 2.13. The van der Waals surface area contributed by atoms with Crippen molar-refractivity contribution >= 4 is 17.2 Å². The number of hydrogen-bond acceptors (Lipinski definition) is 3. The minimum atomic E-state index is -0.459. The quantitative estimate of drug-likeness (QED) is 0.849. The number of rotatable bonds is 5. The van der Waals surface area contributed by atoms with Crippen LogP contribution >= 0.6 is 11.3 Å².